The molecule has 0 spiro atoms. The van der Waals surface area contributed by atoms with Crippen LogP contribution in [0.25, 0.3) is 0 Å². The second-order valence-electron chi connectivity index (χ2n) is 6.32. The number of carbonyl (C=O) groups is 2. The highest BCUT2D eigenvalue weighted by atomic mass is 16.5. The molecule has 0 amide bonds. The van der Waals surface area contributed by atoms with Crippen molar-refractivity contribution < 1.29 is 14.3 Å². The first-order valence-electron chi connectivity index (χ1n) is 7.65. The van der Waals surface area contributed by atoms with Gasteiger partial charge in [-0.05, 0) is 37.0 Å². The van der Waals surface area contributed by atoms with Crippen molar-refractivity contribution in [3.63, 3.8) is 0 Å². The predicted molar refractivity (Wildman–Crippen MR) is 75.8 cm³/mol. The summed E-state index contributed by atoms with van der Waals surface area (Å²) in [6.07, 6.45) is 4.50. The van der Waals surface area contributed by atoms with Gasteiger partial charge in [0.05, 0.1) is 0 Å². The van der Waals surface area contributed by atoms with Crippen molar-refractivity contribution in [1.82, 2.24) is 0 Å². The Bertz CT molecular complexity index is 309. The minimum atomic E-state index is -0.330. The number of rotatable bonds is 6. The molecule has 1 rings (SSSR count). The first-order valence-corrected chi connectivity index (χ1v) is 7.65. The molecule has 19 heavy (non-hydrogen) atoms. The Balaban J connectivity index is 2.51. The first kappa shape index (κ1) is 16.2. The zero-order valence-electron chi connectivity index (χ0n) is 12.8. The standard InChI is InChI=1S/C16H28O3/c1-5-6-13(17)10-16(18)19-15-9-12(4)7-8-14(15)11(2)3/h11-12,14-15H,5-10H2,1-4H3/t12-,14+,15-/m1/s1. The minimum absolute atomic E-state index is 0.00236. The van der Waals surface area contributed by atoms with E-state index in [0.717, 1.165) is 19.3 Å². The lowest BCUT2D eigenvalue weighted by Crippen LogP contribution is -2.36. The van der Waals surface area contributed by atoms with Gasteiger partial charge in [-0.15, -0.1) is 0 Å². The molecule has 0 aliphatic heterocycles. The summed E-state index contributed by atoms with van der Waals surface area (Å²) in [6.45, 7) is 8.52. The van der Waals surface area contributed by atoms with Gasteiger partial charge in [-0.25, -0.2) is 0 Å². The van der Waals surface area contributed by atoms with Gasteiger partial charge in [0.2, 0.25) is 0 Å². The van der Waals surface area contributed by atoms with Gasteiger partial charge in [-0.2, -0.15) is 0 Å². The average Bonchev–Trinajstić information content (AvgIpc) is 2.28. The number of esters is 1. The summed E-state index contributed by atoms with van der Waals surface area (Å²) in [5.41, 5.74) is 0. The second kappa shape index (κ2) is 7.66. The number of ketones is 1. The van der Waals surface area contributed by atoms with E-state index in [-0.39, 0.29) is 24.3 Å². The van der Waals surface area contributed by atoms with Crippen molar-refractivity contribution in [1.29, 1.82) is 0 Å². The molecule has 1 saturated carbocycles. The molecule has 0 aromatic carbocycles. The van der Waals surface area contributed by atoms with E-state index < -0.39 is 0 Å². The molecule has 0 heterocycles. The zero-order valence-corrected chi connectivity index (χ0v) is 12.8. The van der Waals surface area contributed by atoms with Crippen LogP contribution in [0, 0.1) is 17.8 Å². The normalized spacial score (nSPS) is 27.3. The van der Waals surface area contributed by atoms with E-state index in [0.29, 0.717) is 24.2 Å². The Kier molecular flexibility index (Phi) is 6.53. The highest BCUT2D eigenvalue weighted by Gasteiger charge is 2.33. The third-order valence-corrected chi connectivity index (χ3v) is 4.11. The molecule has 0 radical (unpaired) electrons. The topological polar surface area (TPSA) is 43.4 Å². The van der Waals surface area contributed by atoms with Crippen LogP contribution in [0.2, 0.25) is 0 Å². The van der Waals surface area contributed by atoms with Crippen LogP contribution in [-0.4, -0.2) is 17.9 Å². The Hall–Kier alpha value is -0.860. The summed E-state index contributed by atoms with van der Waals surface area (Å²) in [5.74, 6) is 1.25. The maximum Gasteiger partial charge on any atom is 0.313 e. The fourth-order valence-electron chi connectivity index (χ4n) is 2.99. The minimum Gasteiger partial charge on any atom is -0.462 e. The van der Waals surface area contributed by atoms with Gasteiger partial charge in [0.15, 0.2) is 0 Å². The van der Waals surface area contributed by atoms with Crippen LogP contribution in [0.5, 0.6) is 0 Å². The summed E-state index contributed by atoms with van der Waals surface area (Å²) in [4.78, 5) is 23.3. The molecule has 0 aromatic rings. The maximum absolute atomic E-state index is 11.8. The Morgan fingerprint density at radius 3 is 2.53 bits per heavy atom. The lowest BCUT2D eigenvalue weighted by molar-refractivity contribution is -0.157. The van der Waals surface area contributed by atoms with Gasteiger partial charge in [0.1, 0.15) is 18.3 Å². The van der Waals surface area contributed by atoms with Crippen LogP contribution in [0.4, 0.5) is 0 Å². The Morgan fingerprint density at radius 2 is 1.95 bits per heavy atom. The molecule has 110 valence electrons. The second-order valence-corrected chi connectivity index (χ2v) is 6.32. The van der Waals surface area contributed by atoms with Crippen molar-refractivity contribution in [2.24, 2.45) is 17.8 Å². The Morgan fingerprint density at radius 1 is 1.26 bits per heavy atom. The summed E-state index contributed by atoms with van der Waals surface area (Å²) >= 11 is 0. The van der Waals surface area contributed by atoms with E-state index in [1.54, 1.807) is 0 Å². The highest BCUT2D eigenvalue weighted by Crippen LogP contribution is 2.35. The van der Waals surface area contributed by atoms with Gasteiger partial charge < -0.3 is 4.74 Å². The molecule has 0 N–H and O–H groups in total. The lowest BCUT2D eigenvalue weighted by Gasteiger charge is -2.36. The molecule has 0 bridgehead atoms. The highest BCUT2D eigenvalue weighted by molar-refractivity contribution is 5.95. The van der Waals surface area contributed by atoms with E-state index in [1.807, 2.05) is 6.92 Å². The van der Waals surface area contributed by atoms with Crippen LogP contribution in [0.3, 0.4) is 0 Å². The van der Waals surface area contributed by atoms with Crippen molar-refractivity contribution in [2.75, 3.05) is 0 Å². The van der Waals surface area contributed by atoms with Crippen molar-refractivity contribution in [3.05, 3.63) is 0 Å². The predicted octanol–water partition coefficient (Wildman–Crippen LogP) is 3.75. The van der Waals surface area contributed by atoms with Gasteiger partial charge in [0, 0.05) is 6.42 Å². The lowest BCUT2D eigenvalue weighted by atomic mass is 9.75. The van der Waals surface area contributed by atoms with Crippen LogP contribution >= 0.6 is 0 Å². The monoisotopic (exact) mass is 268 g/mol. The van der Waals surface area contributed by atoms with Crippen LogP contribution < -0.4 is 0 Å². The fourth-order valence-corrected chi connectivity index (χ4v) is 2.99. The van der Waals surface area contributed by atoms with Gasteiger partial charge in [0.25, 0.3) is 0 Å². The summed E-state index contributed by atoms with van der Waals surface area (Å²) < 4.78 is 5.59. The number of hydrogen-bond donors (Lipinski definition) is 0. The van der Waals surface area contributed by atoms with Crippen molar-refractivity contribution in [3.8, 4) is 0 Å². The number of hydrogen-bond acceptors (Lipinski definition) is 3. The van der Waals surface area contributed by atoms with E-state index in [4.69, 9.17) is 4.74 Å². The quantitative estimate of drug-likeness (QED) is 0.544. The molecule has 0 saturated heterocycles. The van der Waals surface area contributed by atoms with Gasteiger partial charge >= 0.3 is 5.97 Å². The van der Waals surface area contributed by atoms with E-state index in [9.17, 15) is 9.59 Å². The number of Topliss-reactive ketones (excluding diaryl/α,β-unsaturated/α-hetero) is 1. The zero-order chi connectivity index (χ0) is 14.4. The van der Waals surface area contributed by atoms with E-state index >= 15 is 0 Å². The molecule has 1 aliphatic rings. The van der Waals surface area contributed by atoms with Gasteiger partial charge in [-0.3, -0.25) is 9.59 Å². The SMILES string of the molecule is CCCC(=O)CC(=O)O[C@@H]1C[C@H](C)CC[C@H]1C(C)C. The molecule has 3 atom stereocenters. The number of ether oxygens (including phenoxy) is 1. The van der Waals surface area contributed by atoms with Crippen molar-refractivity contribution in [2.45, 2.75) is 72.3 Å². The van der Waals surface area contributed by atoms with Crippen LogP contribution in [0.15, 0.2) is 0 Å². The van der Waals surface area contributed by atoms with Crippen molar-refractivity contribution >= 4 is 11.8 Å². The summed E-state index contributed by atoms with van der Waals surface area (Å²) in [6, 6.07) is 0. The molecule has 0 aromatic heterocycles. The molecule has 1 aliphatic carbocycles. The van der Waals surface area contributed by atoms with Crippen LogP contribution in [0.1, 0.15) is 66.2 Å². The third kappa shape index (κ3) is 5.33. The third-order valence-electron chi connectivity index (χ3n) is 4.11. The summed E-state index contributed by atoms with van der Waals surface area (Å²) in [5, 5.41) is 0. The van der Waals surface area contributed by atoms with Gasteiger partial charge in [-0.1, -0.05) is 34.1 Å². The molecule has 3 heteroatoms. The van der Waals surface area contributed by atoms with E-state index in [1.165, 1.54) is 6.42 Å². The molecule has 3 nitrogen and oxygen atoms in total. The fraction of sp³-hybridized carbons (Fsp3) is 0.875. The maximum atomic E-state index is 11.8. The molecular formula is C16H28O3. The molecular weight excluding hydrogens is 240 g/mol. The largest absolute Gasteiger partial charge is 0.462 e. The molecule has 0 unspecified atom stereocenters. The number of carbonyl (C=O) groups excluding carboxylic acids is 2. The van der Waals surface area contributed by atoms with E-state index in [2.05, 4.69) is 20.8 Å². The van der Waals surface area contributed by atoms with Crippen LogP contribution in [-0.2, 0) is 14.3 Å². The average molecular weight is 268 g/mol. The smallest absolute Gasteiger partial charge is 0.313 e. The molecule has 1 fully saturated rings. The Labute approximate surface area is 117 Å². The first-order chi connectivity index (χ1) is 8.93. The summed E-state index contributed by atoms with van der Waals surface area (Å²) in [7, 11) is 0.